The van der Waals surface area contributed by atoms with E-state index in [9.17, 15) is 19.5 Å². The fourth-order valence-corrected chi connectivity index (χ4v) is 2.43. The summed E-state index contributed by atoms with van der Waals surface area (Å²) in [4.78, 5) is 35.9. The summed E-state index contributed by atoms with van der Waals surface area (Å²) in [6, 6.07) is 8.30. The lowest BCUT2D eigenvalue weighted by Gasteiger charge is -2.26. The van der Waals surface area contributed by atoms with Gasteiger partial charge in [0.05, 0.1) is 18.6 Å². The average molecular weight is 421 g/mol. The van der Waals surface area contributed by atoms with E-state index in [1.165, 1.54) is 6.08 Å². The molecule has 1 amide bonds. The van der Waals surface area contributed by atoms with Crippen LogP contribution in [0, 0.1) is 0 Å². The van der Waals surface area contributed by atoms with Gasteiger partial charge >= 0.3 is 18.0 Å². The Bertz CT molecular complexity index is 697. The minimum absolute atomic E-state index is 0.0154. The number of aliphatic hydroxyl groups excluding tert-OH is 1. The van der Waals surface area contributed by atoms with Gasteiger partial charge in [-0.2, -0.15) is 0 Å². The molecule has 0 bridgehead atoms. The van der Waals surface area contributed by atoms with Crippen LogP contribution >= 0.6 is 0 Å². The Morgan fingerprint density at radius 1 is 1.13 bits per heavy atom. The Morgan fingerprint density at radius 3 is 2.40 bits per heavy atom. The van der Waals surface area contributed by atoms with E-state index in [-0.39, 0.29) is 32.5 Å². The first-order valence-corrected chi connectivity index (χ1v) is 9.74. The maximum absolute atomic E-state index is 12.1. The number of ether oxygens (including phenoxy) is 3. The Kier molecular flexibility index (Phi) is 10.6. The number of aliphatic hydroxyl groups is 1. The molecule has 8 nitrogen and oxygen atoms in total. The number of esters is 2. The highest BCUT2D eigenvalue weighted by atomic mass is 16.6. The number of hydrogen-bond acceptors (Lipinski definition) is 7. The topological polar surface area (TPSA) is 111 Å². The van der Waals surface area contributed by atoms with Gasteiger partial charge in [-0.15, -0.1) is 0 Å². The van der Waals surface area contributed by atoms with Crippen LogP contribution < -0.4 is 5.32 Å². The lowest BCUT2D eigenvalue weighted by atomic mass is 10.0. The smallest absolute Gasteiger partial charge is 0.407 e. The van der Waals surface area contributed by atoms with Crippen molar-refractivity contribution in [1.82, 2.24) is 5.32 Å². The minimum atomic E-state index is -1.27. The zero-order valence-corrected chi connectivity index (χ0v) is 17.8. The highest BCUT2D eigenvalue weighted by Crippen LogP contribution is 2.12. The molecule has 0 aromatic heterocycles. The molecule has 0 fully saturated rings. The normalized spacial score (nSPS) is 12.9. The highest BCUT2D eigenvalue weighted by molar-refractivity contribution is 5.72. The van der Waals surface area contributed by atoms with Gasteiger partial charge in [-0.25, -0.2) is 4.79 Å². The van der Waals surface area contributed by atoms with Gasteiger partial charge in [0.15, 0.2) is 0 Å². The van der Waals surface area contributed by atoms with E-state index in [1.54, 1.807) is 20.8 Å². The van der Waals surface area contributed by atoms with Crippen LogP contribution in [0.2, 0.25) is 0 Å². The van der Waals surface area contributed by atoms with Crippen molar-refractivity contribution in [1.29, 1.82) is 0 Å². The molecule has 2 N–H and O–H groups in total. The molecule has 8 heteroatoms. The van der Waals surface area contributed by atoms with Gasteiger partial charge in [0.1, 0.15) is 18.8 Å². The number of benzene rings is 1. The first kappa shape index (κ1) is 25.2. The van der Waals surface area contributed by atoms with E-state index in [2.05, 4.69) is 11.9 Å². The fraction of sp³-hybridized carbons (Fsp3) is 0.500. The van der Waals surface area contributed by atoms with Gasteiger partial charge in [-0.05, 0) is 32.8 Å². The molecule has 1 aromatic rings. The van der Waals surface area contributed by atoms with Crippen LogP contribution in [0.15, 0.2) is 43.0 Å². The number of carbonyl (C=O) groups excluding carboxylic acids is 3. The fourth-order valence-electron chi connectivity index (χ4n) is 2.43. The number of rotatable bonds is 11. The van der Waals surface area contributed by atoms with Crippen molar-refractivity contribution in [2.24, 2.45) is 0 Å². The second-order valence-corrected chi connectivity index (χ2v) is 7.68. The summed E-state index contributed by atoms with van der Waals surface area (Å²) in [6.07, 6.45) is -0.980. The molecule has 1 aromatic carbocycles. The third-order valence-electron chi connectivity index (χ3n) is 3.81. The molecule has 0 aliphatic heterocycles. The number of carbonyl (C=O) groups is 3. The molecule has 2 atom stereocenters. The molecular formula is C22H31NO7. The van der Waals surface area contributed by atoms with Crippen molar-refractivity contribution in [3.63, 3.8) is 0 Å². The van der Waals surface area contributed by atoms with Crippen molar-refractivity contribution in [2.45, 2.75) is 64.4 Å². The summed E-state index contributed by atoms with van der Waals surface area (Å²) >= 11 is 0. The average Bonchev–Trinajstić information content (AvgIpc) is 2.67. The van der Waals surface area contributed by atoms with Gasteiger partial charge < -0.3 is 24.6 Å². The predicted octanol–water partition coefficient (Wildman–Crippen LogP) is 2.88. The third-order valence-corrected chi connectivity index (χ3v) is 3.81. The van der Waals surface area contributed by atoms with Crippen LogP contribution in [0.4, 0.5) is 4.79 Å². The maximum Gasteiger partial charge on any atom is 0.407 e. The molecule has 0 aliphatic carbocycles. The monoisotopic (exact) mass is 421 g/mol. The molecule has 0 saturated carbocycles. The maximum atomic E-state index is 12.1. The number of hydrogen-bond donors (Lipinski definition) is 2. The standard InChI is InChI=1S/C22H31NO7/c1-5-13-28-20(26)14-18(24)17(23-21(27)30-22(2,3)4)11-12-19(25)29-15-16-9-7-6-8-10-16/h5-10,17-18,24H,1,11-15H2,2-4H3,(H,23,27)/t17-,18+/m0/s1. The molecule has 0 unspecified atom stereocenters. The highest BCUT2D eigenvalue weighted by Gasteiger charge is 2.27. The van der Waals surface area contributed by atoms with Crippen LogP contribution in [0.5, 0.6) is 0 Å². The first-order valence-electron chi connectivity index (χ1n) is 9.74. The van der Waals surface area contributed by atoms with Crippen molar-refractivity contribution in [2.75, 3.05) is 6.61 Å². The summed E-state index contributed by atoms with van der Waals surface area (Å²) in [7, 11) is 0. The Labute approximate surface area is 177 Å². The molecular weight excluding hydrogens is 390 g/mol. The zero-order chi connectivity index (χ0) is 22.6. The molecule has 0 saturated heterocycles. The van der Waals surface area contributed by atoms with Crippen molar-refractivity contribution < 1.29 is 33.7 Å². The largest absolute Gasteiger partial charge is 0.461 e. The second-order valence-electron chi connectivity index (χ2n) is 7.68. The van der Waals surface area contributed by atoms with Crippen LogP contribution in [0.1, 0.15) is 45.6 Å². The van der Waals surface area contributed by atoms with Crippen molar-refractivity contribution in [3.8, 4) is 0 Å². The van der Waals surface area contributed by atoms with Crippen LogP contribution in [0.3, 0.4) is 0 Å². The quantitative estimate of drug-likeness (QED) is 0.321. The number of alkyl carbamates (subject to hydrolysis) is 1. The van der Waals surface area contributed by atoms with Crippen LogP contribution in [-0.2, 0) is 30.4 Å². The summed E-state index contributed by atoms with van der Waals surface area (Å²) in [5.41, 5.74) is 0.108. The van der Waals surface area contributed by atoms with Gasteiger partial charge in [-0.1, -0.05) is 43.0 Å². The van der Waals surface area contributed by atoms with Gasteiger partial charge in [0.25, 0.3) is 0 Å². The van der Waals surface area contributed by atoms with Crippen LogP contribution in [0.25, 0.3) is 0 Å². The van der Waals surface area contributed by atoms with Gasteiger partial charge in [0.2, 0.25) is 0 Å². The molecule has 0 spiro atoms. The molecule has 0 radical (unpaired) electrons. The second kappa shape index (κ2) is 12.6. The SMILES string of the molecule is C=CCOC(=O)C[C@@H](O)[C@H](CCC(=O)OCc1ccccc1)NC(=O)OC(C)(C)C. The molecule has 0 heterocycles. The predicted molar refractivity (Wildman–Crippen MR) is 110 cm³/mol. The zero-order valence-electron chi connectivity index (χ0n) is 17.8. The summed E-state index contributed by atoms with van der Waals surface area (Å²) in [5, 5.41) is 12.9. The molecule has 30 heavy (non-hydrogen) atoms. The molecule has 166 valence electrons. The van der Waals surface area contributed by atoms with E-state index in [0.717, 1.165) is 5.56 Å². The van der Waals surface area contributed by atoms with Crippen LogP contribution in [-0.4, -0.2) is 47.5 Å². The first-order chi connectivity index (χ1) is 14.1. The summed E-state index contributed by atoms with van der Waals surface area (Å²) < 4.78 is 15.3. The van der Waals surface area contributed by atoms with Gasteiger partial charge in [-0.3, -0.25) is 9.59 Å². The third kappa shape index (κ3) is 11.2. The Balaban J connectivity index is 2.64. The van der Waals surface area contributed by atoms with Gasteiger partial charge in [0, 0.05) is 6.42 Å². The summed E-state index contributed by atoms with van der Waals surface area (Å²) in [6.45, 7) is 8.68. The summed E-state index contributed by atoms with van der Waals surface area (Å²) in [5.74, 6) is -1.14. The van der Waals surface area contributed by atoms with E-state index < -0.39 is 35.8 Å². The number of amides is 1. The minimum Gasteiger partial charge on any atom is -0.461 e. The van der Waals surface area contributed by atoms with E-state index in [1.807, 2.05) is 30.3 Å². The number of nitrogens with one attached hydrogen (secondary N) is 1. The lowest BCUT2D eigenvalue weighted by Crippen LogP contribution is -2.46. The van der Waals surface area contributed by atoms with Crippen molar-refractivity contribution >= 4 is 18.0 Å². The Hall–Kier alpha value is -2.87. The molecule has 1 rings (SSSR count). The lowest BCUT2D eigenvalue weighted by molar-refractivity contribution is -0.145. The van der Waals surface area contributed by atoms with E-state index >= 15 is 0 Å². The van der Waals surface area contributed by atoms with Crippen molar-refractivity contribution in [3.05, 3.63) is 48.6 Å². The van der Waals surface area contributed by atoms with E-state index in [4.69, 9.17) is 14.2 Å². The molecule has 0 aliphatic rings. The Morgan fingerprint density at radius 2 is 1.80 bits per heavy atom. The van der Waals surface area contributed by atoms with E-state index in [0.29, 0.717) is 0 Å².